The van der Waals surface area contributed by atoms with Crippen LogP contribution in [0.3, 0.4) is 0 Å². The molecule has 0 aromatic carbocycles. The van der Waals surface area contributed by atoms with E-state index in [2.05, 4.69) is 13.8 Å². The number of hydrogen-bond donors (Lipinski definition) is 1. The molecule has 0 aromatic rings. The lowest BCUT2D eigenvalue weighted by molar-refractivity contribution is -0.167. The predicted octanol–water partition coefficient (Wildman–Crippen LogP) is 12.4. The van der Waals surface area contributed by atoms with Gasteiger partial charge in [-0.2, -0.15) is 0 Å². The van der Waals surface area contributed by atoms with Gasteiger partial charge in [-0.3, -0.25) is 14.4 Å². The molecule has 8 heteroatoms. The summed E-state index contributed by atoms with van der Waals surface area (Å²) in [5.41, 5.74) is 0.226. The van der Waals surface area contributed by atoms with Gasteiger partial charge >= 0.3 is 23.9 Å². The third kappa shape index (κ3) is 34.7. The van der Waals surface area contributed by atoms with E-state index in [1.54, 1.807) is 6.08 Å². The van der Waals surface area contributed by atoms with E-state index in [0.29, 0.717) is 19.3 Å². The lowest BCUT2D eigenvalue weighted by atomic mass is 10.0. The van der Waals surface area contributed by atoms with E-state index in [-0.39, 0.29) is 43.1 Å². The molecule has 0 bridgehead atoms. The average molecular weight is 737 g/mol. The van der Waals surface area contributed by atoms with Crippen LogP contribution in [0.4, 0.5) is 0 Å². The molecule has 0 saturated carbocycles. The molecule has 0 aliphatic heterocycles. The molecule has 304 valence electrons. The van der Waals surface area contributed by atoms with Crippen LogP contribution in [0.25, 0.3) is 0 Å². The molecule has 1 atom stereocenters. The third-order valence-corrected chi connectivity index (χ3v) is 9.81. The van der Waals surface area contributed by atoms with E-state index in [1.165, 1.54) is 135 Å². The van der Waals surface area contributed by atoms with Crippen LogP contribution >= 0.6 is 0 Å². The molecule has 0 fully saturated rings. The molecule has 52 heavy (non-hydrogen) atoms. The van der Waals surface area contributed by atoms with E-state index in [1.807, 2.05) is 6.92 Å². The van der Waals surface area contributed by atoms with Gasteiger partial charge in [0.05, 0.1) is 0 Å². The number of allylic oxidation sites excluding steroid dienone is 1. The van der Waals surface area contributed by atoms with Gasteiger partial charge in [0.15, 0.2) is 6.10 Å². The molecule has 0 radical (unpaired) electrons. The fourth-order valence-electron chi connectivity index (χ4n) is 6.27. The first-order chi connectivity index (χ1) is 25.2. The van der Waals surface area contributed by atoms with Gasteiger partial charge in [0, 0.05) is 24.8 Å². The van der Waals surface area contributed by atoms with Crippen molar-refractivity contribution >= 4 is 23.9 Å². The summed E-state index contributed by atoms with van der Waals surface area (Å²) in [5, 5.41) is 9.07. The number of hydrogen-bond acceptors (Lipinski definition) is 7. The maximum absolute atomic E-state index is 12.7. The quantitative estimate of drug-likeness (QED) is 0.0288. The Morgan fingerprint density at radius 2 is 0.846 bits per heavy atom. The van der Waals surface area contributed by atoms with E-state index in [9.17, 15) is 19.2 Å². The SMILES string of the molecule is CCCCCCCCCCCCCCCC(=O)OCC(COC(=O)CCCCCCCCCCCCCCC)OC(=O)CC(C)C/C=C(\C)C(=O)O. The zero-order valence-electron chi connectivity index (χ0n) is 34.2. The van der Waals surface area contributed by atoms with Crippen molar-refractivity contribution in [3.8, 4) is 0 Å². The molecule has 0 aliphatic rings. The molecule has 8 nitrogen and oxygen atoms in total. The van der Waals surface area contributed by atoms with Crippen LogP contribution in [-0.4, -0.2) is 48.3 Å². The van der Waals surface area contributed by atoms with Crippen molar-refractivity contribution < 1.29 is 38.5 Å². The Hall–Kier alpha value is -2.38. The Morgan fingerprint density at radius 1 is 0.519 bits per heavy atom. The summed E-state index contributed by atoms with van der Waals surface area (Å²) in [6, 6.07) is 0. The monoisotopic (exact) mass is 737 g/mol. The number of esters is 3. The van der Waals surface area contributed by atoms with Crippen LogP contribution in [0, 0.1) is 5.92 Å². The predicted molar refractivity (Wildman–Crippen MR) is 212 cm³/mol. The first-order valence-electron chi connectivity index (χ1n) is 21.6. The fourth-order valence-corrected chi connectivity index (χ4v) is 6.27. The summed E-state index contributed by atoms with van der Waals surface area (Å²) in [6.07, 6.45) is 33.8. The average Bonchev–Trinajstić information content (AvgIpc) is 3.12. The Morgan fingerprint density at radius 3 is 1.17 bits per heavy atom. The van der Waals surface area contributed by atoms with Crippen LogP contribution in [0.1, 0.15) is 220 Å². The van der Waals surface area contributed by atoms with Crippen LogP contribution in [0.5, 0.6) is 0 Å². The molecule has 1 N–H and O–H groups in total. The number of aliphatic carboxylic acids is 1. The molecule has 0 amide bonds. The number of ether oxygens (including phenoxy) is 3. The summed E-state index contributed by atoms with van der Waals surface area (Å²) in [4.78, 5) is 48.7. The lowest BCUT2D eigenvalue weighted by Crippen LogP contribution is -2.31. The number of unbranched alkanes of at least 4 members (excludes halogenated alkanes) is 24. The van der Waals surface area contributed by atoms with Gasteiger partial charge in [-0.15, -0.1) is 0 Å². The number of carboxylic acids is 1. The number of rotatable bonds is 38. The van der Waals surface area contributed by atoms with Crippen LogP contribution < -0.4 is 0 Å². The summed E-state index contributed by atoms with van der Waals surface area (Å²) in [6.45, 7) is 7.52. The van der Waals surface area contributed by atoms with Crippen molar-refractivity contribution in [2.75, 3.05) is 13.2 Å². The van der Waals surface area contributed by atoms with E-state index >= 15 is 0 Å². The zero-order chi connectivity index (χ0) is 38.5. The number of carboxylic acid groups (broad SMARTS) is 1. The minimum absolute atomic E-state index is 0.0692. The lowest BCUT2D eigenvalue weighted by Gasteiger charge is -2.19. The molecular weight excluding hydrogens is 656 g/mol. The van der Waals surface area contributed by atoms with Gasteiger partial charge in [-0.1, -0.05) is 181 Å². The highest BCUT2D eigenvalue weighted by molar-refractivity contribution is 5.85. The van der Waals surface area contributed by atoms with Gasteiger partial charge in [0.2, 0.25) is 0 Å². The maximum Gasteiger partial charge on any atom is 0.330 e. The van der Waals surface area contributed by atoms with Crippen molar-refractivity contribution in [2.24, 2.45) is 5.92 Å². The van der Waals surface area contributed by atoms with Crippen LogP contribution in [-0.2, 0) is 33.4 Å². The van der Waals surface area contributed by atoms with Gasteiger partial charge in [0.25, 0.3) is 0 Å². The molecule has 0 rings (SSSR count). The van der Waals surface area contributed by atoms with E-state index in [0.717, 1.165) is 38.5 Å². The highest BCUT2D eigenvalue weighted by Gasteiger charge is 2.21. The van der Waals surface area contributed by atoms with Crippen LogP contribution in [0.15, 0.2) is 11.6 Å². The smallest absolute Gasteiger partial charge is 0.330 e. The number of carbonyl (C=O) groups is 4. The highest BCUT2D eigenvalue weighted by Crippen LogP contribution is 2.16. The molecule has 1 unspecified atom stereocenters. The van der Waals surface area contributed by atoms with Gasteiger partial charge in [-0.25, -0.2) is 4.79 Å². The van der Waals surface area contributed by atoms with Crippen molar-refractivity contribution in [2.45, 2.75) is 226 Å². The van der Waals surface area contributed by atoms with Gasteiger partial charge in [0.1, 0.15) is 13.2 Å². The molecule has 0 saturated heterocycles. The topological polar surface area (TPSA) is 116 Å². The Labute approximate surface area is 319 Å². The first-order valence-corrected chi connectivity index (χ1v) is 21.6. The Bertz CT molecular complexity index is 868. The highest BCUT2D eigenvalue weighted by atomic mass is 16.6. The normalized spacial score (nSPS) is 12.2. The minimum atomic E-state index is -0.990. The van der Waals surface area contributed by atoms with Crippen molar-refractivity contribution in [3.63, 3.8) is 0 Å². The summed E-state index contributed by atoms with van der Waals surface area (Å²) in [7, 11) is 0. The molecule has 0 aromatic heterocycles. The maximum atomic E-state index is 12.7. The molecule has 0 spiro atoms. The van der Waals surface area contributed by atoms with Crippen LogP contribution in [0.2, 0.25) is 0 Å². The first kappa shape index (κ1) is 49.6. The largest absolute Gasteiger partial charge is 0.478 e. The standard InChI is InChI=1S/C44H80O8/c1-5-7-9-11-13-15-17-19-21-23-25-27-29-31-41(45)50-36-40(52-43(47)35-38(3)33-34-39(4)44(48)49)37-51-42(46)32-30-28-26-24-22-20-18-16-14-12-10-8-6-2/h34,38,40H,5-33,35-37H2,1-4H3,(H,48,49)/b39-34+. The third-order valence-electron chi connectivity index (χ3n) is 9.81. The second kappa shape index (κ2) is 37.0. The zero-order valence-corrected chi connectivity index (χ0v) is 34.2. The second-order valence-corrected chi connectivity index (χ2v) is 15.2. The van der Waals surface area contributed by atoms with E-state index < -0.39 is 18.0 Å². The summed E-state index contributed by atoms with van der Waals surface area (Å²) in [5.74, 6) is -2.32. The molecule has 0 heterocycles. The Kier molecular flexibility index (Phi) is 35.3. The fraction of sp³-hybridized carbons (Fsp3) is 0.864. The molecular formula is C44H80O8. The summed E-state index contributed by atoms with van der Waals surface area (Å²) < 4.78 is 16.5. The van der Waals surface area contributed by atoms with Crippen molar-refractivity contribution in [3.05, 3.63) is 11.6 Å². The van der Waals surface area contributed by atoms with Gasteiger partial charge < -0.3 is 19.3 Å². The summed E-state index contributed by atoms with van der Waals surface area (Å²) >= 11 is 0. The van der Waals surface area contributed by atoms with Gasteiger partial charge in [-0.05, 0) is 32.1 Å². The number of carbonyl (C=O) groups excluding carboxylic acids is 3. The van der Waals surface area contributed by atoms with E-state index in [4.69, 9.17) is 19.3 Å². The Balaban J connectivity index is 4.42. The second-order valence-electron chi connectivity index (χ2n) is 15.2. The van der Waals surface area contributed by atoms with Crippen molar-refractivity contribution in [1.29, 1.82) is 0 Å². The molecule has 0 aliphatic carbocycles. The minimum Gasteiger partial charge on any atom is -0.478 e. The van der Waals surface area contributed by atoms with Crippen molar-refractivity contribution in [1.82, 2.24) is 0 Å².